The van der Waals surface area contributed by atoms with Crippen LogP contribution in [0.5, 0.6) is 0 Å². The minimum absolute atomic E-state index is 0. The Hall–Kier alpha value is -1.93. The van der Waals surface area contributed by atoms with Gasteiger partial charge in [0.15, 0.2) is 0 Å². The number of piperidine rings is 1. The standard InChI is InChI=1S/C28H44N4O7S2.ClH/c1-4-5-17-31-26(34)24(25(33)22-9-7-6-8-10-22)29-27(35)28(31)15-18-30(19-16-28)20-21-11-13-23(14-12-21)32(40(2,36)37)41(3,38)39;/h11-14,22,24-25,33H,4-10,15-20H2,1-3H3,(H,29,35);1H/t24-,25-;/m1./s1. The summed E-state index contributed by atoms with van der Waals surface area (Å²) in [6, 6.07) is 5.44. The van der Waals surface area contributed by atoms with Crippen molar-refractivity contribution in [1.29, 1.82) is 0 Å². The van der Waals surface area contributed by atoms with E-state index in [2.05, 4.69) is 17.1 Å². The summed E-state index contributed by atoms with van der Waals surface area (Å²) >= 11 is 0. The maximum atomic E-state index is 13.8. The van der Waals surface area contributed by atoms with Crippen LogP contribution in [0.4, 0.5) is 5.69 Å². The van der Waals surface area contributed by atoms with E-state index in [1.165, 1.54) is 12.1 Å². The van der Waals surface area contributed by atoms with Crippen LogP contribution < -0.4 is 9.03 Å². The number of anilines is 1. The number of hydrogen-bond donors (Lipinski definition) is 2. The van der Waals surface area contributed by atoms with Gasteiger partial charge in [0.25, 0.3) is 0 Å². The minimum atomic E-state index is -4.02. The summed E-state index contributed by atoms with van der Waals surface area (Å²) in [7, 11) is -8.04. The molecule has 0 aromatic heterocycles. The molecule has 0 unspecified atom stereocenters. The van der Waals surface area contributed by atoms with Crippen LogP contribution in [-0.2, 0) is 36.2 Å². The Morgan fingerprint density at radius 2 is 1.57 bits per heavy atom. The number of carbonyl (C=O) groups is 2. The number of halogens is 1. The Morgan fingerprint density at radius 3 is 2.10 bits per heavy atom. The van der Waals surface area contributed by atoms with Crippen molar-refractivity contribution in [2.75, 3.05) is 35.9 Å². The van der Waals surface area contributed by atoms with Gasteiger partial charge in [-0.15, -0.1) is 12.4 Å². The number of aliphatic hydroxyl groups excluding tert-OH is 1. The van der Waals surface area contributed by atoms with Gasteiger partial charge in [0.1, 0.15) is 11.6 Å². The number of carbonyl (C=O) groups excluding carboxylic acids is 2. The summed E-state index contributed by atoms with van der Waals surface area (Å²) in [4.78, 5) is 31.4. The summed E-state index contributed by atoms with van der Waals surface area (Å²) in [5.41, 5.74) is -0.0273. The second-order valence-electron chi connectivity index (χ2n) is 11.9. The first-order chi connectivity index (χ1) is 19.3. The fourth-order valence-electron chi connectivity index (χ4n) is 6.65. The Bertz CT molecular complexity index is 1280. The molecular weight excluding hydrogens is 604 g/mol. The van der Waals surface area contributed by atoms with E-state index in [0.29, 0.717) is 42.7 Å². The topological polar surface area (TPSA) is 144 Å². The molecular formula is C28H45ClN4O7S2. The number of hydrogen-bond acceptors (Lipinski definition) is 8. The van der Waals surface area contributed by atoms with E-state index >= 15 is 0 Å². The molecule has 2 amide bonds. The average molecular weight is 649 g/mol. The van der Waals surface area contributed by atoms with Crippen molar-refractivity contribution in [2.45, 2.75) is 88.9 Å². The zero-order valence-electron chi connectivity index (χ0n) is 24.7. The number of amides is 2. The summed E-state index contributed by atoms with van der Waals surface area (Å²) < 4.78 is 48.7. The van der Waals surface area contributed by atoms with Crippen LogP contribution in [0.3, 0.4) is 0 Å². The molecule has 0 radical (unpaired) electrons. The fraction of sp³-hybridized carbons (Fsp3) is 0.714. The second kappa shape index (κ2) is 13.8. The average Bonchev–Trinajstić information content (AvgIpc) is 2.91. The Balaban J connectivity index is 0.00000484. The van der Waals surface area contributed by atoms with Crippen LogP contribution >= 0.6 is 12.4 Å². The molecule has 4 rings (SSSR count). The van der Waals surface area contributed by atoms with Gasteiger partial charge in [-0.3, -0.25) is 14.5 Å². The normalized spacial score (nSPS) is 22.9. The van der Waals surface area contributed by atoms with Crippen LogP contribution in [0.25, 0.3) is 0 Å². The molecule has 238 valence electrons. The molecule has 0 bridgehead atoms. The van der Waals surface area contributed by atoms with Crippen LogP contribution in [0, 0.1) is 5.92 Å². The van der Waals surface area contributed by atoms with Crippen molar-refractivity contribution in [1.82, 2.24) is 15.1 Å². The SMILES string of the molecule is CCCCN1C(=O)[C@@H]([C@H](O)C2CCCCC2)NC(=O)C12CCN(Cc1ccc(N(S(C)(=O)=O)S(C)(=O)=O)cc1)CC2.Cl. The fourth-order valence-corrected chi connectivity index (χ4v) is 9.62. The largest absolute Gasteiger partial charge is 0.390 e. The predicted molar refractivity (Wildman–Crippen MR) is 164 cm³/mol. The van der Waals surface area contributed by atoms with Gasteiger partial charge < -0.3 is 15.3 Å². The van der Waals surface area contributed by atoms with E-state index in [1.807, 2.05) is 0 Å². The molecule has 1 aliphatic carbocycles. The maximum absolute atomic E-state index is 13.8. The zero-order valence-corrected chi connectivity index (χ0v) is 27.1. The molecule has 14 heteroatoms. The molecule has 2 saturated heterocycles. The summed E-state index contributed by atoms with van der Waals surface area (Å²) in [6.07, 6.45) is 8.37. The van der Waals surface area contributed by atoms with Gasteiger partial charge in [-0.05, 0) is 55.7 Å². The van der Waals surface area contributed by atoms with E-state index in [1.54, 1.807) is 17.0 Å². The number of sulfonamides is 2. The van der Waals surface area contributed by atoms with Crippen molar-refractivity contribution in [3.05, 3.63) is 29.8 Å². The molecule has 2 heterocycles. The molecule has 1 saturated carbocycles. The van der Waals surface area contributed by atoms with Crippen molar-refractivity contribution >= 4 is 50.0 Å². The lowest BCUT2D eigenvalue weighted by molar-refractivity contribution is -0.166. The molecule has 2 aliphatic heterocycles. The number of likely N-dealkylation sites (tertiary alicyclic amines) is 1. The number of benzene rings is 1. The van der Waals surface area contributed by atoms with E-state index in [0.717, 1.165) is 63.0 Å². The van der Waals surface area contributed by atoms with Crippen LogP contribution in [-0.4, -0.2) is 93.4 Å². The molecule has 1 spiro atoms. The first kappa shape index (κ1) is 34.6. The molecule has 1 aromatic rings. The van der Waals surface area contributed by atoms with E-state index in [9.17, 15) is 31.5 Å². The van der Waals surface area contributed by atoms with E-state index < -0.39 is 37.7 Å². The summed E-state index contributed by atoms with van der Waals surface area (Å²) in [5.74, 6) is -0.338. The smallest absolute Gasteiger partial charge is 0.248 e. The van der Waals surface area contributed by atoms with E-state index in [4.69, 9.17) is 0 Å². The van der Waals surface area contributed by atoms with Gasteiger partial charge in [-0.2, -0.15) is 3.71 Å². The summed E-state index contributed by atoms with van der Waals surface area (Å²) in [6.45, 7) is 4.20. The van der Waals surface area contributed by atoms with Gasteiger partial charge in [-0.25, -0.2) is 16.8 Å². The molecule has 2 atom stereocenters. The van der Waals surface area contributed by atoms with Gasteiger partial charge in [-0.1, -0.05) is 44.7 Å². The number of aliphatic hydroxyl groups is 1. The first-order valence-electron chi connectivity index (χ1n) is 14.6. The third kappa shape index (κ3) is 7.40. The number of nitrogens with zero attached hydrogens (tertiary/aromatic N) is 3. The second-order valence-corrected chi connectivity index (χ2v) is 15.8. The van der Waals surface area contributed by atoms with Gasteiger partial charge in [0, 0.05) is 26.2 Å². The lowest BCUT2D eigenvalue weighted by atomic mass is 9.78. The quantitative estimate of drug-likeness (QED) is 0.393. The van der Waals surface area contributed by atoms with E-state index in [-0.39, 0.29) is 35.8 Å². The van der Waals surface area contributed by atoms with Crippen LogP contribution in [0.15, 0.2) is 24.3 Å². The number of rotatable bonds is 10. The molecule has 11 nitrogen and oxygen atoms in total. The van der Waals surface area contributed by atoms with Crippen LogP contribution in [0.2, 0.25) is 0 Å². The lowest BCUT2D eigenvalue weighted by Crippen LogP contribution is -2.75. The van der Waals surface area contributed by atoms with Gasteiger partial charge in [0.05, 0.1) is 24.3 Å². The van der Waals surface area contributed by atoms with Crippen LogP contribution in [0.1, 0.15) is 70.3 Å². The third-order valence-corrected chi connectivity index (χ3v) is 12.1. The molecule has 2 N–H and O–H groups in total. The van der Waals surface area contributed by atoms with Crippen molar-refractivity contribution in [2.24, 2.45) is 5.92 Å². The molecule has 3 aliphatic rings. The predicted octanol–water partition coefficient (Wildman–Crippen LogP) is 2.24. The molecule has 42 heavy (non-hydrogen) atoms. The third-order valence-electron chi connectivity index (χ3n) is 8.81. The first-order valence-corrected chi connectivity index (χ1v) is 18.3. The number of nitrogens with one attached hydrogen (secondary N) is 1. The molecule has 1 aromatic carbocycles. The maximum Gasteiger partial charge on any atom is 0.248 e. The van der Waals surface area contributed by atoms with Gasteiger partial charge in [0.2, 0.25) is 31.9 Å². The highest BCUT2D eigenvalue weighted by molar-refractivity contribution is 8.09. The minimum Gasteiger partial charge on any atom is -0.390 e. The summed E-state index contributed by atoms with van der Waals surface area (Å²) in [5, 5.41) is 14.1. The van der Waals surface area contributed by atoms with Crippen molar-refractivity contribution < 1.29 is 31.5 Å². The number of unbranched alkanes of at least 4 members (excludes halogenated alkanes) is 1. The van der Waals surface area contributed by atoms with Gasteiger partial charge >= 0.3 is 0 Å². The lowest BCUT2D eigenvalue weighted by Gasteiger charge is -2.52. The monoisotopic (exact) mass is 648 g/mol. The Labute approximate surface area is 256 Å². The highest BCUT2D eigenvalue weighted by atomic mass is 35.5. The Morgan fingerprint density at radius 1 is 1.00 bits per heavy atom. The highest BCUT2D eigenvalue weighted by Gasteiger charge is 2.55. The Kier molecular flexibility index (Phi) is 11.4. The number of piperazine rings is 1. The highest BCUT2D eigenvalue weighted by Crippen LogP contribution is 2.36. The van der Waals surface area contributed by atoms with Crippen molar-refractivity contribution in [3.63, 3.8) is 0 Å². The van der Waals surface area contributed by atoms with Crippen molar-refractivity contribution in [3.8, 4) is 0 Å². The zero-order chi connectivity index (χ0) is 30.0. The molecule has 3 fully saturated rings.